The van der Waals surface area contributed by atoms with Crippen molar-refractivity contribution >= 4 is 5.91 Å². The molecule has 1 amide bonds. The van der Waals surface area contributed by atoms with E-state index in [-0.39, 0.29) is 12.5 Å². The van der Waals surface area contributed by atoms with Crippen LogP contribution in [0.3, 0.4) is 0 Å². The van der Waals surface area contributed by atoms with Crippen molar-refractivity contribution in [1.82, 2.24) is 5.32 Å². The lowest BCUT2D eigenvalue weighted by Crippen LogP contribution is -2.28. The number of hydrogen-bond donors (Lipinski definition) is 2. The topological polar surface area (TPSA) is 64.3 Å². The highest BCUT2D eigenvalue weighted by atomic mass is 16.5. The molecule has 0 rings (SSSR count). The van der Waals surface area contributed by atoms with Crippen LogP contribution in [0.1, 0.15) is 12.8 Å². The lowest BCUT2D eigenvalue weighted by molar-refractivity contribution is -0.124. The number of carbonyl (C=O) groups excluding carboxylic acids is 1. The Balaban J connectivity index is 3.04. The molecule has 3 N–H and O–H groups in total. The normalized spacial score (nSPS) is 9.64. The largest absolute Gasteiger partial charge is 0.375 e. The SMILES string of the molecule is COCC(=O)NCCCCN. The van der Waals surface area contributed by atoms with Crippen molar-refractivity contribution in [3.05, 3.63) is 0 Å². The summed E-state index contributed by atoms with van der Waals surface area (Å²) in [6, 6.07) is 0. The van der Waals surface area contributed by atoms with Crippen LogP contribution in [0.4, 0.5) is 0 Å². The molecule has 4 heteroatoms. The predicted octanol–water partition coefficient (Wildman–Crippen LogP) is -0.512. The molecular formula is C7H16N2O2. The fourth-order valence-electron chi connectivity index (χ4n) is 0.679. The van der Waals surface area contributed by atoms with Gasteiger partial charge in [0.15, 0.2) is 0 Å². The van der Waals surface area contributed by atoms with E-state index in [2.05, 4.69) is 10.1 Å². The second-order valence-corrected chi connectivity index (χ2v) is 2.28. The standard InChI is InChI=1S/C7H16N2O2/c1-11-6-7(10)9-5-3-2-4-8/h2-6,8H2,1H3,(H,9,10). The molecule has 66 valence electrons. The number of nitrogens with one attached hydrogen (secondary N) is 1. The van der Waals surface area contributed by atoms with Gasteiger partial charge in [0.1, 0.15) is 6.61 Å². The van der Waals surface area contributed by atoms with Crippen molar-refractivity contribution in [2.45, 2.75) is 12.8 Å². The molecule has 0 unspecified atom stereocenters. The first-order valence-corrected chi connectivity index (χ1v) is 3.77. The van der Waals surface area contributed by atoms with E-state index in [1.165, 1.54) is 7.11 Å². The molecule has 4 nitrogen and oxygen atoms in total. The Bertz CT molecular complexity index is 107. The molecule has 11 heavy (non-hydrogen) atoms. The first kappa shape index (κ1) is 10.4. The monoisotopic (exact) mass is 160 g/mol. The maximum Gasteiger partial charge on any atom is 0.245 e. The van der Waals surface area contributed by atoms with Crippen LogP contribution >= 0.6 is 0 Å². The summed E-state index contributed by atoms with van der Waals surface area (Å²) in [5, 5.41) is 2.70. The van der Waals surface area contributed by atoms with Crippen LogP contribution in [0, 0.1) is 0 Å². The van der Waals surface area contributed by atoms with Gasteiger partial charge in [0.05, 0.1) is 0 Å². The highest BCUT2D eigenvalue weighted by Gasteiger charge is 1.96. The molecule has 0 aliphatic carbocycles. The third-order valence-electron chi connectivity index (χ3n) is 1.23. The van der Waals surface area contributed by atoms with Crippen LogP contribution < -0.4 is 11.1 Å². The summed E-state index contributed by atoms with van der Waals surface area (Å²) < 4.78 is 4.62. The van der Waals surface area contributed by atoms with Gasteiger partial charge >= 0.3 is 0 Å². The molecule has 0 spiro atoms. The Hall–Kier alpha value is -0.610. The molecule has 0 aromatic heterocycles. The Labute approximate surface area is 67.1 Å². The van der Waals surface area contributed by atoms with Crippen LogP contribution in [0.25, 0.3) is 0 Å². The van der Waals surface area contributed by atoms with E-state index in [9.17, 15) is 4.79 Å². The Morgan fingerprint density at radius 2 is 2.27 bits per heavy atom. The van der Waals surface area contributed by atoms with E-state index >= 15 is 0 Å². The van der Waals surface area contributed by atoms with E-state index in [4.69, 9.17) is 5.73 Å². The zero-order valence-corrected chi connectivity index (χ0v) is 6.93. The van der Waals surface area contributed by atoms with Crippen molar-refractivity contribution in [2.24, 2.45) is 5.73 Å². The van der Waals surface area contributed by atoms with Gasteiger partial charge in [0, 0.05) is 13.7 Å². The average molecular weight is 160 g/mol. The Morgan fingerprint density at radius 1 is 1.55 bits per heavy atom. The van der Waals surface area contributed by atoms with Crippen LogP contribution in [-0.2, 0) is 9.53 Å². The van der Waals surface area contributed by atoms with Crippen molar-refractivity contribution in [2.75, 3.05) is 26.8 Å². The van der Waals surface area contributed by atoms with Gasteiger partial charge in [0.25, 0.3) is 0 Å². The summed E-state index contributed by atoms with van der Waals surface area (Å²) in [5.74, 6) is -0.0653. The summed E-state index contributed by atoms with van der Waals surface area (Å²) in [4.78, 5) is 10.7. The summed E-state index contributed by atoms with van der Waals surface area (Å²) in [6.07, 6.45) is 1.89. The number of rotatable bonds is 6. The number of amides is 1. The zero-order valence-electron chi connectivity index (χ0n) is 6.93. The molecule has 0 radical (unpaired) electrons. The first-order valence-electron chi connectivity index (χ1n) is 3.77. The molecule has 0 saturated heterocycles. The average Bonchev–Trinajstić information content (AvgIpc) is 1.99. The highest BCUT2D eigenvalue weighted by Crippen LogP contribution is 1.82. The molecule has 0 atom stereocenters. The molecule has 0 aliphatic heterocycles. The Morgan fingerprint density at radius 3 is 2.82 bits per heavy atom. The summed E-state index contributed by atoms with van der Waals surface area (Å²) in [5.41, 5.74) is 5.27. The van der Waals surface area contributed by atoms with Gasteiger partial charge in [-0.25, -0.2) is 0 Å². The molecule has 0 aliphatic rings. The Kier molecular flexibility index (Phi) is 7.08. The number of nitrogens with two attached hydrogens (primary N) is 1. The van der Waals surface area contributed by atoms with E-state index in [0.29, 0.717) is 13.1 Å². The minimum Gasteiger partial charge on any atom is -0.375 e. The molecular weight excluding hydrogens is 144 g/mol. The van der Waals surface area contributed by atoms with Gasteiger partial charge < -0.3 is 15.8 Å². The highest BCUT2D eigenvalue weighted by molar-refractivity contribution is 5.77. The van der Waals surface area contributed by atoms with Crippen LogP contribution in [0.2, 0.25) is 0 Å². The number of carbonyl (C=O) groups is 1. The lowest BCUT2D eigenvalue weighted by atomic mass is 10.3. The van der Waals surface area contributed by atoms with Crippen molar-refractivity contribution in [3.8, 4) is 0 Å². The van der Waals surface area contributed by atoms with E-state index in [1.54, 1.807) is 0 Å². The van der Waals surface area contributed by atoms with E-state index in [1.807, 2.05) is 0 Å². The molecule has 0 heterocycles. The summed E-state index contributed by atoms with van der Waals surface area (Å²) in [6.45, 7) is 1.52. The smallest absolute Gasteiger partial charge is 0.245 e. The van der Waals surface area contributed by atoms with Gasteiger partial charge in [-0.3, -0.25) is 4.79 Å². The van der Waals surface area contributed by atoms with Gasteiger partial charge in [0.2, 0.25) is 5.91 Å². The maximum absolute atomic E-state index is 10.7. The minimum atomic E-state index is -0.0653. The van der Waals surface area contributed by atoms with Gasteiger partial charge in [-0.15, -0.1) is 0 Å². The number of unbranched alkanes of at least 4 members (excludes halogenated alkanes) is 1. The number of methoxy groups -OCH3 is 1. The van der Waals surface area contributed by atoms with Crippen LogP contribution in [0.5, 0.6) is 0 Å². The molecule has 0 aromatic rings. The van der Waals surface area contributed by atoms with Crippen molar-refractivity contribution < 1.29 is 9.53 Å². The summed E-state index contributed by atoms with van der Waals surface area (Å²) >= 11 is 0. The molecule has 0 saturated carbocycles. The predicted molar refractivity (Wildman–Crippen MR) is 43.2 cm³/mol. The fourth-order valence-corrected chi connectivity index (χ4v) is 0.679. The van der Waals surface area contributed by atoms with Gasteiger partial charge in [-0.05, 0) is 19.4 Å². The zero-order chi connectivity index (χ0) is 8.53. The third-order valence-corrected chi connectivity index (χ3v) is 1.23. The van der Waals surface area contributed by atoms with E-state index in [0.717, 1.165) is 12.8 Å². The first-order chi connectivity index (χ1) is 5.31. The minimum absolute atomic E-state index is 0.0653. The van der Waals surface area contributed by atoms with Crippen molar-refractivity contribution in [1.29, 1.82) is 0 Å². The fraction of sp³-hybridized carbons (Fsp3) is 0.857. The number of hydrogen-bond acceptors (Lipinski definition) is 3. The third kappa shape index (κ3) is 7.29. The van der Waals surface area contributed by atoms with Gasteiger partial charge in [-0.1, -0.05) is 0 Å². The number of ether oxygens (including phenoxy) is 1. The molecule has 0 bridgehead atoms. The second kappa shape index (κ2) is 7.50. The molecule has 0 fully saturated rings. The maximum atomic E-state index is 10.7. The van der Waals surface area contributed by atoms with Crippen molar-refractivity contribution in [3.63, 3.8) is 0 Å². The quantitative estimate of drug-likeness (QED) is 0.514. The van der Waals surface area contributed by atoms with Crippen LogP contribution in [0.15, 0.2) is 0 Å². The summed E-state index contributed by atoms with van der Waals surface area (Å²) in [7, 11) is 1.50. The van der Waals surface area contributed by atoms with E-state index < -0.39 is 0 Å². The van der Waals surface area contributed by atoms with Crippen LogP contribution in [-0.4, -0.2) is 32.7 Å². The second-order valence-electron chi connectivity index (χ2n) is 2.28. The lowest BCUT2D eigenvalue weighted by Gasteiger charge is -2.02. The van der Waals surface area contributed by atoms with Gasteiger partial charge in [-0.2, -0.15) is 0 Å². The molecule has 0 aromatic carbocycles.